The molecule has 2 heterocycles. The Morgan fingerprint density at radius 1 is 0.846 bits per heavy atom. The van der Waals surface area contributed by atoms with Gasteiger partial charge in [-0.2, -0.15) is 0 Å². The van der Waals surface area contributed by atoms with Crippen molar-refractivity contribution in [1.29, 1.82) is 0 Å². The summed E-state index contributed by atoms with van der Waals surface area (Å²) in [7, 11) is 1.99. The summed E-state index contributed by atoms with van der Waals surface area (Å²) in [6.45, 7) is 5.68. The molecule has 3 aliphatic rings. The molecule has 0 N–H and O–H groups in total. The molecule has 3 rings (SSSR count). The Kier molecular flexibility index (Phi) is 6.96. The molecule has 0 aromatic heterocycles. The lowest BCUT2D eigenvalue weighted by Gasteiger charge is -2.40. The minimum Gasteiger partial charge on any atom is -0.342 e. The van der Waals surface area contributed by atoms with Gasteiger partial charge in [-0.1, -0.05) is 19.3 Å². The molecule has 0 radical (unpaired) electrons. The predicted molar refractivity (Wildman–Crippen MR) is 104 cm³/mol. The highest BCUT2D eigenvalue weighted by atomic mass is 16.2. The molecular weight excluding hydrogens is 326 g/mol. The van der Waals surface area contributed by atoms with Crippen LogP contribution in [0.1, 0.15) is 71.1 Å². The van der Waals surface area contributed by atoms with Gasteiger partial charge < -0.3 is 9.80 Å². The molecule has 2 saturated heterocycles. The van der Waals surface area contributed by atoms with Gasteiger partial charge >= 0.3 is 0 Å². The summed E-state index contributed by atoms with van der Waals surface area (Å²) in [6, 6.07) is 0.366. The van der Waals surface area contributed by atoms with Gasteiger partial charge in [0.1, 0.15) is 0 Å². The van der Waals surface area contributed by atoms with Gasteiger partial charge in [-0.25, -0.2) is 0 Å². The van der Waals surface area contributed by atoms with E-state index < -0.39 is 0 Å². The van der Waals surface area contributed by atoms with Gasteiger partial charge in [0.05, 0.1) is 6.04 Å². The van der Waals surface area contributed by atoms with Gasteiger partial charge in [0.15, 0.2) is 0 Å². The van der Waals surface area contributed by atoms with Crippen molar-refractivity contribution in [3.63, 3.8) is 0 Å². The van der Waals surface area contributed by atoms with Crippen LogP contribution in [0.5, 0.6) is 0 Å². The Labute approximate surface area is 159 Å². The molecule has 1 atom stereocenters. The largest absolute Gasteiger partial charge is 0.342 e. The van der Waals surface area contributed by atoms with Crippen LogP contribution in [0.2, 0.25) is 0 Å². The van der Waals surface area contributed by atoms with Crippen molar-refractivity contribution in [3.05, 3.63) is 0 Å². The third kappa shape index (κ3) is 4.59. The summed E-state index contributed by atoms with van der Waals surface area (Å²) in [5.41, 5.74) is 0. The minimum atomic E-state index is -0.0621. The Balaban J connectivity index is 1.47. The lowest BCUT2D eigenvalue weighted by atomic mass is 9.92. The third-order valence-electron chi connectivity index (χ3n) is 6.92. The van der Waals surface area contributed by atoms with Crippen molar-refractivity contribution < 1.29 is 9.59 Å². The van der Waals surface area contributed by atoms with E-state index in [0.29, 0.717) is 11.9 Å². The van der Waals surface area contributed by atoms with E-state index in [1.165, 1.54) is 25.7 Å². The van der Waals surface area contributed by atoms with Crippen molar-refractivity contribution in [2.45, 2.75) is 83.2 Å². The lowest BCUT2D eigenvalue weighted by molar-refractivity contribution is -0.140. The van der Waals surface area contributed by atoms with Crippen LogP contribution >= 0.6 is 0 Å². The van der Waals surface area contributed by atoms with E-state index in [-0.39, 0.29) is 17.9 Å². The molecule has 2 aliphatic heterocycles. The first-order chi connectivity index (χ1) is 12.6. The van der Waals surface area contributed by atoms with E-state index in [1.54, 1.807) is 0 Å². The molecule has 1 aliphatic carbocycles. The van der Waals surface area contributed by atoms with Crippen molar-refractivity contribution >= 4 is 11.8 Å². The molecule has 1 unspecified atom stereocenters. The summed E-state index contributed by atoms with van der Waals surface area (Å²) >= 11 is 0. The number of carbonyl (C=O) groups is 2. The number of likely N-dealkylation sites (tertiary alicyclic amines) is 2. The maximum Gasteiger partial charge on any atom is 0.239 e. The molecule has 148 valence electrons. The number of rotatable bonds is 4. The van der Waals surface area contributed by atoms with E-state index in [0.717, 1.165) is 64.7 Å². The van der Waals surface area contributed by atoms with E-state index in [9.17, 15) is 9.59 Å². The number of amides is 2. The van der Waals surface area contributed by atoms with Crippen molar-refractivity contribution in [2.24, 2.45) is 5.92 Å². The molecular formula is C21H37N3O2. The fourth-order valence-corrected chi connectivity index (χ4v) is 5.01. The Morgan fingerprint density at radius 2 is 1.42 bits per heavy atom. The van der Waals surface area contributed by atoms with E-state index in [1.807, 2.05) is 11.9 Å². The number of hydrogen-bond donors (Lipinski definition) is 0. The third-order valence-corrected chi connectivity index (χ3v) is 6.92. The minimum absolute atomic E-state index is 0.0621. The zero-order valence-corrected chi connectivity index (χ0v) is 16.8. The van der Waals surface area contributed by atoms with Gasteiger partial charge in [0.25, 0.3) is 0 Å². The summed E-state index contributed by atoms with van der Waals surface area (Å²) in [5.74, 6) is 0.795. The van der Waals surface area contributed by atoms with Gasteiger partial charge in [0, 0.05) is 32.1 Å². The summed E-state index contributed by atoms with van der Waals surface area (Å²) in [6.07, 6.45) is 11.5. The van der Waals surface area contributed by atoms with Crippen LogP contribution in [0, 0.1) is 5.92 Å². The number of likely N-dealkylation sites (N-methyl/N-ethyl adjacent to an activating group) is 1. The highest BCUT2D eigenvalue weighted by molar-refractivity contribution is 5.82. The molecule has 3 fully saturated rings. The number of hydrogen-bond acceptors (Lipinski definition) is 3. The van der Waals surface area contributed by atoms with Gasteiger partial charge in [-0.15, -0.1) is 0 Å². The number of piperidine rings is 2. The Bertz CT molecular complexity index is 476. The monoisotopic (exact) mass is 363 g/mol. The topological polar surface area (TPSA) is 43.9 Å². The Morgan fingerprint density at radius 3 is 2.04 bits per heavy atom. The first kappa shape index (κ1) is 19.7. The molecule has 2 amide bonds. The van der Waals surface area contributed by atoms with E-state index >= 15 is 0 Å². The molecule has 0 spiro atoms. The van der Waals surface area contributed by atoms with Crippen molar-refractivity contribution in [1.82, 2.24) is 14.7 Å². The van der Waals surface area contributed by atoms with Crippen LogP contribution in [0.4, 0.5) is 0 Å². The quantitative estimate of drug-likeness (QED) is 0.771. The van der Waals surface area contributed by atoms with Crippen LogP contribution in [0.25, 0.3) is 0 Å². The zero-order valence-electron chi connectivity index (χ0n) is 16.8. The van der Waals surface area contributed by atoms with E-state index in [4.69, 9.17) is 0 Å². The fourth-order valence-electron chi connectivity index (χ4n) is 5.01. The Hall–Kier alpha value is -1.10. The predicted octanol–water partition coefficient (Wildman–Crippen LogP) is 2.89. The maximum atomic E-state index is 12.9. The zero-order chi connectivity index (χ0) is 18.5. The average Bonchev–Trinajstić information content (AvgIpc) is 2.73. The average molecular weight is 364 g/mol. The summed E-state index contributed by atoms with van der Waals surface area (Å²) < 4.78 is 0. The van der Waals surface area contributed by atoms with Gasteiger partial charge in [-0.05, 0) is 65.0 Å². The maximum absolute atomic E-state index is 12.9. The van der Waals surface area contributed by atoms with Gasteiger partial charge in [0.2, 0.25) is 11.8 Å². The summed E-state index contributed by atoms with van der Waals surface area (Å²) in [4.78, 5) is 32.0. The molecule has 0 aromatic carbocycles. The summed E-state index contributed by atoms with van der Waals surface area (Å²) in [5, 5.41) is 0. The van der Waals surface area contributed by atoms with E-state index in [2.05, 4.69) is 16.7 Å². The molecule has 1 saturated carbocycles. The second kappa shape index (κ2) is 9.20. The SMILES string of the molecule is CC(C(=O)N(C)C1CCCCC1)N1CCC(C(=O)N2CCCCC2)CC1. The van der Waals surface area contributed by atoms with Crippen molar-refractivity contribution in [2.75, 3.05) is 33.2 Å². The molecule has 0 aromatic rings. The normalized spacial score (nSPS) is 25.1. The van der Waals surface area contributed by atoms with Crippen LogP contribution < -0.4 is 0 Å². The fraction of sp³-hybridized carbons (Fsp3) is 0.905. The first-order valence-electron chi connectivity index (χ1n) is 10.9. The van der Waals surface area contributed by atoms with Crippen LogP contribution in [-0.4, -0.2) is 71.8 Å². The lowest BCUT2D eigenvalue weighted by Crippen LogP contribution is -2.52. The van der Waals surface area contributed by atoms with Crippen LogP contribution in [0.15, 0.2) is 0 Å². The number of nitrogens with zero attached hydrogens (tertiary/aromatic N) is 3. The van der Waals surface area contributed by atoms with Crippen molar-refractivity contribution in [3.8, 4) is 0 Å². The van der Waals surface area contributed by atoms with Crippen LogP contribution in [-0.2, 0) is 9.59 Å². The molecule has 0 bridgehead atoms. The van der Waals surface area contributed by atoms with Gasteiger partial charge in [-0.3, -0.25) is 14.5 Å². The number of carbonyl (C=O) groups excluding carboxylic acids is 2. The smallest absolute Gasteiger partial charge is 0.239 e. The van der Waals surface area contributed by atoms with Crippen LogP contribution in [0.3, 0.4) is 0 Å². The second-order valence-corrected chi connectivity index (χ2v) is 8.61. The molecule has 26 heavy (non-hydrogen) atoms. The highest BCUT2D eigenvalue weighted by Crippen LogP contribution is 2.25. The standard InChI is InChI=1S/C21H37N3O2/c1-17(20(25)22(2)19-9-5-3-6-10-19)23-15-11-18(12-16-23)21(26)24-13-7-4-8-14-24/h17-19H,3-16H2,1-2H3. The highest BCUT2D eigenvalue weighted by Gasteiger charge is 2.34. The second-order valence-electron chi connectivity index (χ2n) is 8.61. The molecule has 5 heteroatoms. The molecule has 5 nitrogen and oxygen atoms in total. The first-order valence-corrected chi connectivity index (χ1v) is 10.9.